The number of thioether (sulfide) groups is 1. The zero-order valence-corrected chi connectivity index (χ0v) is 24.2. The van der Waals surface area contributed by atoms with Gasteiger partial charge in [0, 0.05) is 28.0 Å². The maximum atomic E-state index is 13.7. The van der Waals surface area contributed by atoms with E-state index in [1.54, 1.807) is 73.3 Å². The summed E-state index contributed by atoms with van der Waals surface area (Å²) >= 11 is 2.56. The van der Waals surface area contributed by atoms with Crippen LogP contribution in [0.4, 0.5) is 0 Å². The van der Waals surface area contributed by atoms with Crippen LogP contribution in [0.1, 0.15) is 38.8 Å². The first-order chi connectivity index (χ1) is 17.4. The molecule has 1 heterocycles. The number of carboxylic acid groups (broad SMARTS) is 1. The number of aromatic nitrogens is 2. The van der Waals surface area contributed by atoms with Gasteiger partial charge in [-0.3, -0.25) is 4.79 Å². The fraction of sp³-hybridized carbons (Fsp3) is 0.148. The van der Waals surface area contributed by atoms with Crippen LogP contribution < -0.4 is 34.7 Å². The molecule has 10 heteroatoms. The summed E-state index contributed by atoms with van der Waals surface area (Å²) in [6.45, 7) is 1.98. The molecule has 0 spiro atoms. The summed E-state index contributed by atoms with van der Waals surface area (Å²) in [7, 11) is 0. The van der Waals surface area contributed by atoms with Gasteiger partial charge in [-0.2, -0.15) is 8.75 Å². The molecule has 0 amide bonds. The summed E-state index contributed by atoms with van der Waals surface area (Å²) in [4.78, 5) is 39.1. The van der Waals surface area contributed by atoms with E-state index in [1.165, 1.54) is 0 Å². The topological polar surface area (TPSA) is 109 Å². The molecule has 0 N–H and O–H groups in total. The van der Waals surface area contributed by atoms with Gasteiger partial charge < -0.3 is 14.6 Å². The molecule has 0 unspecified atom stereocenters. The molecule has 3 aromatic carbocycles. The number of hydrogen-bond acceptors (Lipinski definition) is 9. The molecule has 0 aliphatic rings. The van der Waals surface area contributed by atoms with Crippen molar-refractivity contribution in [3.05, 3.63) is 94.6 Å². The number of ether oxygens (including phenoxy) is 1. The van der Waals surface area contributed by atoms with Gasteiger partial charge in [0.15, 0.2) is 5.78 Å². The average molecular weight is 541 g/mol. The summed E-state index contributed by atoms with van der Waals surface area (Å²) in [5.41, 5.74) is 2.72. The Morgan fingerprint density at radius 1 is 0.892 bits per heavy atom. The van der Waals surface area contributed by atoms with Crippen LogP contribution in [0.15, 0.2) is 77.2 Å². The third-order valence-electron chi connectivity index (χ3n) is 5.52. The largest absolute Gasteiger partial charge is 1.00 e. The van der Waals surface area contributed by atoms with Crippen LogP contribution in [-0.4, -0.2) is 39.3 Å². The Morgan fingerprint density at radius 3 is 2.14 bits per heavy atom. The van der Waals surface area contributed by atoms with E-state index >= 15 is 0 Å². The number of carbonyl (C=O) groups is 3. The van der Waals surface area contributed by atoms with Crippen molar-refractivity contribution >= 4 is 57.8 Å². The molecule has 182 valence electrons. The van der Waals surface area contributed by atoms with E-state index in [0.717, 1.165) is 16.6 Å². The van der Waals surface area contributed by atoms with Crippen molar-refractivity contribution in [2.45, 2.75) is 18.2 Å². The number of benzene rings is 3. The van der Waals surface area contributed by atoms with E-state index in [9.17, 15) is 19.5 Å². The van der Waals surface area contributed by atoms with E-state index in [4.69, 9.17) is 4.74 Å². The summed E-state index contributed by atoms with van der Waals surface area (Å²) < 4.78 is 13.4. The maximum Gasteiger partial charge on any atom is 1.00 e. The number of nitrogens with zero attached hydrogens (tertiary/aromatic N) is 2. The van der Waals surface area contributed by atoms with Crippen molar-refractivity contribution < 1.29 is 53.8 Å². The number of Topliss-reactive ketones (excluding diaryl/α,β-unsaturated/α-hetero) is 1. The quantitative estimate of drug-likeness (QED) is 0.103. The standard InChI is InChI=1S/C27H22N2O5S2.Na/c1-3-34-27(33)18-6-4-16(5-7-18)14-21(25(30)17-8-11-20(35-2)12-9-17)24(26(31)32)19-10-13-22-23(15-19)29-36-28-22;/h4-13,15H,3,14H2,1-2H3,(H,31,32);/q;+1/p-1. The minimum Gasteiger partial charge on any atom is -0.545 e. The smallest absolute Gasteiger partial charge is 0.545 e. The molecule has 0 saturated heterocycles. The fourth-order valence-electron chi connectivity index (χ4n) is 3.73. The predicted octanol–water partition coefficient (Wildman–Crippen LogP) is 1.22. The van der Waals surface area contributed by atoms with Gasteiger partial charge in [0.1, 0.15) is 11.0 Å². The number of rotatable bonds is 9. The Morgan fingerprint density at radius 2 is 1.51 bits per heavy atom. The molecule has 0 saturated carbocycles. The fourth-order valence-corrected chi connectivity index (χ4v) is 4.65. The first kappa shape index (κ1) is 28.7. The number of esters is 1. The minimum atomic E-state index is -1.47. The SMILES string of the molecule is CCOC(=O)c1ccc(CC(C(=O)c2ccc(SC)cc2)=C(C(=O)[O-])c2ccc3nsnc3c2)cc1.[Na+]. The number of ketones is 1. The molecule has 0 atom stereocenters. The molecule has 0 bridgehead atoms. The van der Waals surface area contributed by atoms with E-state index in [-0.39, 0.29) is 53.7 Å². The Hall–Kier alpha value is -2.82. The third kappa shape index (κ3) is 6.74. The number of carbonyl (C=O) groups excluding carboxylic acids is 3. The van der Waals surface area contributed by atoms with E-state index in [2.05, 4.69) is 8.75 Å². The summed E-state index contributed by atoms with van der Waals surface area (Å²) in [6.07, 6.45) is 1.95. The molecule has 0 radical (unpaired) electrons. The van der Waals surface area contributed by atoms with Gasteiger partial charge in [-0.05, 0) is 72.8 Å². The molecule has 1 aromatic heterocycles. The number of aliphatic carboxylic acids is 1. The van der Waals surface area contributed by atoms with Gasteiger partial charge in [-0.15, -0.1) is 11.8 Å². The monoisotopic (exact) mass is 540 g/mol. The summed E-state index contributed by atoms with van der Waals surface area (Å²) in [5, 5.41) is 12.4. The van der Waals surface area contributed by atoms with Gasteiger partial charge in [0.2, 0.25) is 0 Å². The van der Waals surface area contributed by atoms with Gasteiger partial charge >= 0.3 is 35.5 Å². The van der Waals surface area contributed by atoms with E-state index in [0.29, 0.717) is 33.3 Å². The first-order valence-corrected chi connectivity index (χ1v) is 13.0. The number of hydrogen-bond donors (Lipinski definition) is 0. The molecule has 0 aliphatic carbocycles. The molecule has 4 rings (SSSR count). The maximum absolute atomic E-state index is 13.7. The van der Waals surface area contributed by atoms with Crippen molar-refractivity contribution in [3.63, 3.8) is 0 Å². The Balaban J connectivity index is 0.00000380. The molecule has 0 fully saturated rings. The van der Waals surface area contributed by atoms with Crippen molar-refractivity contribution in [1.82, 2.24) is 8.75 Å². The van der Waals surface area contributed by atoms with Crippen LogP contribution in [0.5, 0.6) is 0 Å². The van der Waals surface area contributed by atoms with E-state index in [1.807, 2.05) is 18.4 Å². The van der Waals surface area contributed by atoms with Crippen molar-refractivity contribution in [2.75, 3.05) is 12.9 Å². The minimum absolute atomic E-state index is 0. The van der Waals surface area contributed by atoms with Crippen LogP contribution in [0.3, 0.4) is 0 Å². The van der Waals surface area contributed by atoms with Gasteiger partial charge in [0.05, 0.1) is 29.9 Å². The molecular formula is C27H21N2NaO5S2. The van der Waals surface area contributed by atoms with Gasteiger partial charge in [-0.1, -0.05) is 18.2 Å². The molecular weight excluding hydrogens is 519 g/mol. The zero-order chi connectivity index (χ0) is 25.7. The third-order valence-corrected chi connectivity index (χ3v) is 6.82. The Labute approximate surface area is 244 Å². The molecule has 7 nitrogen and oxygen atoms in total. The Kier molecular flexibility index (Phi) is 10.2. The van der Waals surface area contributed by atoms with Crippen molar-refractivity contribution in [1.29, 1.82) is 0 Å². The Bertz CT molecular complexity index is 1460. The second kappa shape index (κ2) is 13.1. The average Bonchev–Trinajstić information content (AvgIpc) is 3.36. The van der Waals surface area contributed by atoms with Crippen molar-refractivity contribution in [2.24, 2.45) is 0 Å². The van der Waals surface area contributed by atoms with Gasteiger partial charge in [-0.25, -0.2) is 4.79 Å². The zero-order valence-electron chi connectivity index (χ0n) is 20.5. The van der Waals surface area contributed by atoms with Crippen LogP contribution >= 0.6 is 23.5 Å². The number of allylic oxidation sites excluding steroid dienone is 1. The second-order valence-corrected chi connectivity index (χ2v) is 9.17. The normalized spacial score (nSPS) is 11.4. The van der Waals surface area contributed by atoms with E-state index < -0.39 is 17.7 Å². The van der Waals surface area contributed by atoms with Crippen LogP contribution in [0.25, 0.3) is 16.6 Å². The first-order valence-electron chi connectivity index (χ1n) is 11.0. The predicted molar refractivity (Wildman–Crippen MR) is 138 cm³/mol. The van der Waals surface area contributed by atoms with Gasteiger partial charge in [0.25, 0.3) is 0 Å². The number of fused-ring (bicyclic) bond motifs is 1. The second-order valence-electron chi connectivity index (χ2n) is 7.76. The molecule has 4 aromatic rings. The molecule has 37 heavy (non-hydrogen) atoms. The van der Waals surface area contributed by atoms with Crippen LogP contribution in [0, 0.1) is 0 Å². The molecule has 0 aliphatic heterocycles. The van der Waals surface area contributed by atoms with Crippen LogP contribution in [-0.2, 0) is 16.0 Å². The van der Waals surface area contributed by atoms with Crippen molar-refractivity contribution in [3.8, 4) is 0 Å². The summed E-state index contributed by atoms with van der Waals surface area (Å²) in [6, 6.07) is 18.4. The van der Waals surface area contributed by atoms with Crippen LogP contribution in [0.2, 0.25) is 0 Å². The number of carboxylic acids is 1. The summed E-state index contributed by atoms with van der Waals surface area (Å²) in [5.74, 6) is -2.34.